The minimum absolute atomic E-state index is 0.299. The molecular formula is C34H30F2O. The van der Waals surface area contributed by atoms with Gasteiger partial charge in [0.2, 0.25) is 0 Å². The summed E-state index contributed by atoms with van der Waals surface area (Å²) in [6.07, 6.45) is 5.60. The van der Waals surface area contributed by atoms with Crippen molar-refractivity contribution < 1.29 is 13.5 Å². The van der Waals surface area contributed by atoms with E-state index in [9.17, 15) is 8.78 Å². The number of unbranched alkanes of at least 4 members (excludes halogenated alkanes) is 3. The van der Waals surface area contributed by atoms with Crippen LogP contribution in [0.3, 0.4) is 0 Å². The molecule has 0 saturated carbocycles. The average Bonchev–Trinajstić information content (AvgIpc) is 3.26. The first-order chi connectivity index (χ1) is 18.0. The van der Waals surface area contributed by atoms with Crippen molar-refractivity contribution in [2.45, 2.75) is 46.0 Å². The summed E-state index contributed by atoms with van der Waals surface area (Å²) in [5.41, 5.74) is 7.95. The van der Waals surface area contributed by atoms with E-state index in [2.05, 4.69) is 49.1 Å². The van der Waals surface area contributed by atoms with E-state index in [0.717, 1.165) is 30.8 Å². The highest BCUT2D eigenvalue weighted by Crippen LogP contribution is 2.38. The topological polar surface area (TPSA) is 9.23 Å². The van der Waals surface area contributed by atoms with Gasteiger partial charge in [0.25, 0.3) is 0 Å². The highest BCUT2D eigenvalue weighted by atomic mass is 19.1. The highest BCUT2D eigenvalue weighted by Gasteiger charge is 2.19. The first kappa shape index (κ1) is 24.8. The second kappa shape index (κ2) is 11.0. The molecule has 5 rings (SSSR count). The normalized spacial score (nSPS) is 11.5. The van der Waals surface area contributed by atoms with Crippen molar-refractivity contribution in [3.63, 3.8) is 0 Å². The molecule has 1 aliphatic carbocycles. The van der Waals surface area contributed by atoms with Gasteiger partial charge in [0, 0.05) is 5.56 Å². The molecule has 0 aliphatic heterocycles. The maximum absolute atomic E-state index is 14.8. The fourth-order valence-electron chi connectivity index (χ4n) is 4.78. The summed E-state index contributed by atoms with van der Waals surface area (Å²) >= 11 is 0. The molecule has 0 spiro atoms. The Morgan fingerprint density at radius 1 is 0.730 bits per heavy atom. The van der Waals surface area contributed by atoms with Gasteiger partial charge < -0.3 is 4.74 Å². The van der Waals surface area contributed by atoms with Gasteiger partial charge in [0.05, 0.1) is 12.2 Å². The van der Waals surface area contributed by atoms with Crippen LogP contribution in [0.5, 0.6) is 5.75 Å². The van der Waals surface area contributed by atoms with Crippen molar-refractivity contribution in [2.75, 3.05) is 6.61 Å². The van der Waals surface area contributed by atoms with E-state index in [1.807, 2.05) is 6.07 Å². The van der Waals surface area contributed by atoms with Crippen LogP contribution in [0.25, 0.3) is 22.3 Å². The molecule has 0 unspecified atom stereocenters. The molecule has 0 radical (unpaired) electrons. The third kappa shape index (κ3) is 5.59. The molecule has 37 heavy (non-hydrogen) atoms. The van der Waals surface area contributed by atoms with Crippen molar-refractivity contribution in [3.05, 3.63) is 112 Å². The van der Waals surface area contributed by atoms with Crippen LogP contribution in [0.2, 0.25) is 0 Å². The lowest BCUT2D eigenvalue weighted by molar-refractivity contribution is 0.305. The fourth-order valence-corrected chi connectivity index (χ4v) is 4.78. The van der Waals surface area contributed by atoms with Crippen LogP contribution in [0.15, 0.2) is 72.8 Å². The lowest BCUT2D eigenvalue weighted by Gasteiger charge is -2.08. The quantitative estimate of drug-likeness (QED) is 0.163. The Balaban J connectivity index is 1.29. The Morgan fingerprint density at radius 2 is 1.46 bits per heavy atom. The Kier molecular flexibility index (Phi) is 7.37. The van der Waals surface area contributed by atoms with Crippen molar-refractivity contribution in [1.29, 1.82) is 0 Å². The fraction of sp³-hybridized carbons (Fsp3) is 0.235. The molecule has 0 atom stereocenters. The second-order valence-corrected chi connectivity index (χ2v) is 9.69. The van der Waals surface area contributed by atoms with Gasteiger partial charge in [-0.25, -0.2) is 8.78 Å². The first-order valence-corrected chi connectivity index (χ1v) is 13.0. The molecule has 0 N–H and O–H groups in total. The van der Waals surface area contributed by atoms with E-state index in [0.29, 0.717) is 22.3 Å². The minimum Gasteiger partial charge on any atom is -0.494 e. The van der Waals surface area contributed by atoms with Gasteiger partial charge in [-0.3, -0.25) is 0 Å². The van der Waals surface area contributed by atoms with Gasteiger partial charge in [-0.2, -0.15) is 0 Å². The number of benzene rings is 4. The molecule has 186 valence electrons. The Hall–Kier alpha value is -3.90. The van der Waals surface area contributed by atoms with Crippen LogP contribution >= 0.6 is 0 Å². The number of hydrogen-bond donors (Lipinski definition) is 0. The van der Waals surface area contributed by atoms with E-state index in [1.54, 1.807) is 31.2 Å². The minimum atomic E-state index is -0.415. The number of rotatable bonds is 7. The molecule has 0 bridgehead atoms. The summed E-state index contributed by atoms with van der Waals surface area (Å²) in [6, 6.07) is 22.3. The SMILES string of the molecule is CCCCCCOc1ccc2c(c1)Cc1cc(C#Cc3ccc(-c4ccc(C)c(F)c4)cc3F)ccc1-2. The molecule has 0 fully saturated rings. The number of halogens is 2. The molecule has 0 amide bonds. The first-order valence-electron chi connectivity index (χ1n) is 13.0. The monoisotopic (exact) mass is 492 g/mol. The van der Waals surface area contributed by atoms with Crippen molar-refractivity contribution in [3.8, 4) is 39.8 Å². The standard InChI is InChI=1S/C34H30F2O/c1-3-4-5-6-17-37-30-14-16-32-29(20-30)19-28-18-24(9-15-31(28)32)8-11-25-12-13-27(22-34(25)36)26-10-7-23(2)33(35)21-26/h7,9-10,12-16,18,20-22H,3-6,17,19H2,1-2H3. The lowest BCUT2D eigenvalue weighted by Crippen LogP contribution is -1.97. The van der Waals surface area contributed by atoms with E-state index in [4.69, 9.17) is 4.74 Å². The Labute approximate surface area is 218 Å². The van der Waals surface area contributed by atoms with Crippen molar-refractivity contribution in [1.82, 2.24) is 0 Å². The third-order valence-electron chi connectivity index (χ3n) is 6.94. The van der Waals surface area contributed by atoms with E-state index >= 15 is 0 Å². The van der Waals surface area contributed by atoms with Crippen LogP contribution in [-0.4, -0.2) is 6.61 Å². The second-order valence-electron chi connectivity index (χ2n) is 9.69. The van der Waals surface area contributed by atoms with Crippen LogP contribution in [0.1, 0.15) is 60.4 Å². The van der Waals surface area contributed by atoms with E-state index in [-0.39, 0.29) is 5.82 Å². The Morgan fingerprint density at radius 3 is 2.22 bits per heavy atom. The highest BCUT2D eigenvalue weighted by molar-refractivity contribution is 5.78. The largest absolute Gasteiger partial charge is 0.494 e. The number of hydrogen-bond acceptors (Lipinski definition) is 1. The maximum Gasteiger partial charge on any atom is 0.139 e. The van der Waals surface area contributed by atoms with Gasteiger partial charge in [0.15, 0.2) is 0 Å². The zero-order valence-corrected chi connectivity index (χ0v) is 21.3. The van der Waals surface area contributed by atoms with Gasteiger partial charge in [-0.05, 0) is 101 Å². The molecule has 0 saturated heterocycles. The maximum atomic E-state index is 14.8. The van der Waals surface area contributed by atoms with Gasteiger partial charge in [-0.15, -0.1) is 0 Å². The molecule has 0 heterocycles. The predicted molar refractivity (Wildman–Crippen MR) is 147 cm³/mol. The molecule has 1 aliphatic rings. The molecule has 0 aromatic heterocycles. The average molecular weight is 493 g/mol. The summed E-state index contributed by atoms with van der Waals surface area (Å²) in [4.78, 5) is 0. The van der Waals surface area contributed by atoms with Crippen LogP contribution < -0.4 is 4.74 Å². The number of aryl methyl sites for hydroxylation is 1. The van der Waals surface area contributed by atoms with Gasteiger partial charge in [0.1, 0.15) is 17.4 Å². The Bertz CT molecular complexity index is 1510. The van der Waals surface area contributed by atoms with Crippen molar-refractivity contribution >= 4 is 0 Å². The summed E-state index contributed by atoms with van der Waals surface area (Å²) in [5.74, 6) is 6.30. The van der Waals surface area contributed by atoms with E-state index in [1.165, 1.54) is 53.6 Å². The van der Waals surface area contributed by atoms with E-state index < -0.39 is 5.82 Å². The van der Waals surface area contributed by atoms with Crippen LogP contribution in [-0.2, 0) is 6.42 Å². The third-order valence-corrected chi connectivity index (χ3v) is 6.94. The summed E-state index contributed by atoms with van der Waals surface area (Å²) in [7, 11) is 0. The van der Waals surface area contributed by atoms with Gasteiger partial charge >= 0.3 is 0 Å². The summed E-state index contributed by atoms with van der Waals surface area (Å²) < 4.78 is 34.7. The van der Waals surface area contributed by atoms with Crippen molar-refractivity contribution in [2.24, 2.45) is 0 Å². The smallest absolute Gasteiger partial charge is 0.139 e. The van der Waals surface area contributed by atoms with Gasteiger partial charge in [-0.1, -0.05) is 68.4 Å². The summed E-state index contributed by atoms with van der Waals surface area (Å²) in [6.45, 7) is 4.67. The number of ether oxygens (including phenoxy) is 1. The zero-order valence-electron chi connectivity index (χ0n) is 21.3. The summed E-state index contributed by atoms with van der Waals surface area (Å²) in [5, 5.41) is 0. The zero-order chi connectivity index (χ0) is 25.8. The number of fused-ring (bicyclic) bond motifs is 3. The molecular weight excluding hydrogens is 462 g/mol. The molecule has 4 aromatic carbocycles. The lowest BCUT2D eigenvalue weighted by atomic mass is 10.0. The molecule has 1 nitrogen and oxygen atoms in total. The van der Waals surface area contributed by atoms with Crippen LogP contribution in [0.4, 0.5) is 8.78 Å². The molecule has 4 aromatic rings. The van der Waals surface area contributed by atoms with Crippen LogP contribution in [0, 0.1) is 30.4 Å². The predicted octanol–water partition coefficient (Wildman–Crippen LogP) is 8.87. The molecule has 3 heteroatoms.